The molecule has 1 N–H and O–H groups in total. The fourth-order valence-corrected chi connectivity index (χ4v) is 4.24. The molecule has 1 heterocycles. The molecule has 5 rings (SSSR count). The van der Waals surface area contributed by atoms with Crippen molar-refractivity contribution in [2.24, 2.45) is 0 Å². The molecule has 0 spiro atoms. The van der Waals surface area contributed by atoms with Gasteiger partial charge >= 0.3 is 0 Å². The maximum Gasteiger partial charge on any atom is 0.128 e. The molecule has 0 radical (unpaired) electrons. The van der Waals surface area contributed by atoms with Gasteiger partial charge in [0, 0.05) is 0 Å². The zero-order chi connectivity index (χ0) is 16.1. The second kappa shape index (κ2) is 5.05. The molecule has 3 heteroatoms. The number of fused-ring (bicyclic) bond motifs is 3. The van der Waals surface area contributed by atoms with E-state index in [4.69, 9.17) is 4.98 Å². The number of nitrogens with zero attached hydrogens (tertiary/aromatic N) is 1. The van der Waals surface area contributed by atoms with Crippen molar-refractivity contribution < 1.29 is 5.11 Å². The third-order valence-corrected chi connectivity index (χ3v) is 5.43. The Morgan fingerprint density at radius 3 is 2.33 bits per heavy atom. The van der Waals surface area contributed by atoms with Crippen LogP contribution in [0.2, 0.25) is 0 Å². The molecular weight excluding hydrogens is 314 g/mol. The van der Waals surface area contributed by atoms with Crippen molar-refractivity contribution in [3.05, 3.63) is 72.8 Å². The number of hydrogen-bond acceptors (Lipinski definition) is 3. The van der Waals surface area contributed by atoms with Gasteiger partial charge in [-0.1, -0.05) is 42.5 Å². The Morgan fingerprint density at radius 1 is 0.750 bits per heavy atom. The molecule has 0 aliphatic heterocycles. The van der Waals surface area contributed by atoms with E-state index in [1.54, 1.807) is 17.4 Å². The first-order valence-electron chi connectivity index (χ1n) is 7.80. The van der Waals surface area contributed by atoms with Crippen molar-refractivity contribution in [3.63, 3.8) is 0 Å². The van der Waals surface area contributed by atoms with Crippen LogP contribution in [0.25, 0.3) is 42.3 Å². The molecule has 0 bridgehead atoms. The van der Waals surface area contributed by atoms with E-state index in [-0.39, 0.29) is 5.75 Å². The average molecular weight is 327 g/mol. The highest BCUT2D eigenvalue weighted by molar-refractivity contribution is 7.21. The standard InChI is InChI=1S/C21H13NOS/c23-18-10-9-15-11-13-5-1-2-6-14(13)12-16(15)20(18)21-22-17-7-3-4-8-19(17)24-21/h1-12,23H. The van der Waals surface area contributed by atoms with Gasteiger partial charge in [-0.2, -0.15) is 0 Å². The van der Waals surface area contributed by atoms with Gasteiger partial charge in [0.2, 0.25) is 0 Å². The molecule has 0 saturated carbocycles. The summed E-state index contributed by atoms with van der Waals surface area (Å²) in [4.78, 5) is 4.73. The van der Waals surface area contributed by atoms with E-state index in [2.05, 4.69) is 30.3 Å². The van der Waals surface area contributed by atoms with Crippen molar-refractivity contribution in [1.29, 1.82) is 0 Å². The lowest BCUT2D eigenvalue weighted by Crippen LogP contribution is -1.83. The first kappa shape index (κ1) is 13.5. The first-order chi connectivity index (χ1) is 11.8. The fraction of sp³-hybridized carbons (Fsp3) is 0. The van der Waals surface area contributed by atoms with Gasteiger partial charge in [-0.05, 0) is 51.9 Å². The fourth-order valence-electron chi connectivity index (χ4n) is 3.21. The maximum atomic E-state index is 10.5. The van der Waals surface area contributed by atoms with E-state index >= 15 is 0 Å². The number of rotatable bonds is 1. The molecule has 0 unspecified atom stereocenters. The molecule has 0 aliphatic carbocycles. The van der Waals surface area contributed by atoms with Gasteiger partial charge in [-0.3, -0.25) is 0 Å². The smallest absolute Gasteiger partial charge is 0.128 e. The van der Waals surface area contributed by atoms with Gasteiger partial charge in [0.05, 0.1) is 15.8 Å². The van der Waals surface area contributed by atoms with Gasteiger partial charge in [-0.15, -0.1) is 11.3 Å². The highest BCUT2D eigenvalue weighted by Gasteiger charge is 2.14. The highest BCUT2D eigenvalue weighted by Crippen LogP contribution is 2.41. The molecule has 0 aliphatic rings. The Kier molecular flexibility index (Phi) is 2.84. The number of aromatic hydroxyl groups is 1. The Hall–Kier alpha value is -2.91. The normalized spacial score (nSPS) is 11.5. The van der Waals surface area contributed by atoms with Crippen LogP contribution >= 0.6 is 11.3 Å². The molecule has 114 valence electrons. The third kappa shape index (κ3) is 1.99. The summed E-state index contributed by atoms with van der Waals surface area (Å²) in [5.41, 5.74) is 1.79. The molecule has 5 aromatic rings. The summed E-state index contributed by atoms with van der Waals surface area (Å²) in [7, 11) is 0. The largest absolute Gasteiger partial charge is 0.507 e. The third-order valence-electron chi connectivity index (χ3n) is 4.37. The number of thiazole rings is 1. The zero-order valence-corrected chi connectivity index (χ0v) is 13.5. The van der Waals surface area contributed by atoms with Crippen molar-refractivity contribution >= 4 is 43.1 Å². The number of para-hydroxylation sites is 1. The van der Waals surface area contributed by atoms with Crippen LogP contribution in [0.4, 0.5) is 0 Å². The number of phenols is 1. The highest BCUT2D eigenvalue weighted by atomic mass is 32.1. The molecule has 0 amide bonds. The van der Waals surface area contributed by atoms with Crippen LogP contribution in [0.15, 0.2) is 72.8 Å². The molecule has 0 atom stereocenters. The molecule has 4 aromatic carbocycles. The number of aromatic nitrogens is 1. The second-order valence-corrected chi connectivity index (χ2v) is 6.90. The van der Waals surface area contributed by atoms with Crippen molar-refractivity contribution in [1.82, 2.24) is 4.98 Å². The Labute approximate surface area is 142 Å². The molecule has 0 saturated heterocycles. The van der Waals surface area contributed by atoms with Crippen LogP contribution in [0.5, 0.6) is 5.75 Å². The minimum absolute atomic E-state index is 0.275. The predicted octanol–water partition coefficient (Wildman–Crippen LogP) is 5.98. The van der Waals surface area contributed by atoms with Gasteiger partial charge < -0.3 is 5.11 Å². The van der Waals surface area contributed by atoms with E-state index in [1.807, 2.05) is 36.4 Å². The Bertz CT molecular complexity index is 1190. The number of benzene rings is 4. The Morgan fingerprint density at radius 2 is 1.50 bits per heavy atom. The summed E-state index contributed by atoms with van der Waals surface area (Å²) >= 11 is 1.61. The lowest BCUT2D eigenvalue weighted by Gasteiger charge is -2.08. The monoisotopic (exact) mass is 327 g/mol. The van der Waals surface area contributed by atoms with Gasteiger partial charge in [0.25, 0.3) is 0 Å². The number of phenolic OH excluding ortho intramolecular Hbond substituents is 1. The SMILES string of the molecule is Oc1ccc2cc3ccccc3cc2c1-c1nc2ccccc2s1. The molecule has 1 aromatic heterocycles. The minimum atomic E-state index is 0.275. The average Bonchev–Trinajstić information content (AvgIpc) is 3.03. The van der Waals surface area contributed by atoms with Crippen LogP contribution in [-0.4, -0.2) is 10.1 Å². The molecule has 24 heavy (non-hydrogen) atoms. The number of hydrogen-bond donors (Lipinski definition) is 1. The first-order valence-corrected chi connectivity index (χ1v) is 8.62. The van der Waals surface area contributed by atoms with Crippen molar-refractivity contribution in [2.75, 3.05) is 0 Å². The maximum absolute atomic E-state index is 10.5. The van der Waals surface area contributed by atoms with E-state index in [0.717, 1.165) is 36.9 Å². The lowest BCUT2D eigenvalue weighted by atomic mass is 9.99. The predicted molar refractivity (Wildman–Crippen MR) is 102 cm³/mol. The van der Waals surface area contributed by atoms with Gasteiger partial charge in [0.15, 0.2) is 0 Å². The van der Waals surface area contributed by atoms with Gasteiger partial charge in [0.1, 0.15) is 10.8 Å². The molecule has 2 nitrogen and oxygen atoms in total. The molecule has 0 fully saturated rings. The summed E-state index contributed by atoms with van der Waals surface area (Å²) < 4.78 is 1.13. The minimum Gasteiger partial charge on any atom is -0.507 e. The quantitative estimate of drug-likeness (QED) is 0.384. The van der Waals surface area contributed by atoms with Crippen LogP contribution < -0.4 is 0 Å². The van der Waals surface area contributed by atoms with E-state index in [1.165, 1.54) is 5.39 Å². The summed E-state index contributed by atoms with van der Waals surface area (Å²) in [6.45, 7) is 0. The van der Waals surface area contributed by atoms with Crippen LogP contribution in [0.1, 0.15) is 0 Å². The van der Waals surface area contributed by atoms with Crippen LogP contribution in [0.3, 0.4) is 0 Å². The van der Waals surface area contributed by atoms with E-state index in [9.17, 15) is 5.11 Å². The van der Waals surface area contributed by atoms with Crippen LogP contribution in [0, 0.1) is 0 Å². The summed E-state index contributed by atoms with van der Waals surface area (Å²) in [5.74, 6) is 0.275. The zero-order valence-electron chi connectivity index (χ0n) is 12.7. The second-order valence-electron chi connectivity index (χ2n) is 5.87. The summed E-state index contributed by atoms with van der Waals surface area (Å²) in [5, 5.41) is 15.9. The summed E-state index contributed by atoms with van der Waals surface area (Å²) in [6.07, 6.45) is 0. The molecular formula is C21H13NOS. The van der Waals surface area contributed by atoms with Crippen molar-refractivity contribution in [2.45, 2.75) is 0 Å². The summed E-state index contributed by atoms with van der Waals surface area (Å²) in [6, 6.07) is 24.4. The lowest BCUT2D eigenvalue weighted by molar-refractivity contribution is 0.478. The van der Waals surface area contributed by atoms with E-state index in [0.29, 0.717) is 0 Å². The topological polar surface area (TPSA) is 33.1 Å². The van der Waals surface area contributed by atoms with E-state index < -0.39 is 0 Å². The van der Waals surface area contributed by atoms with Gasteiger partial charge in [-0.25, -0.2) is 4.98 Å². The van der Waals surface area contributed by atoms with Crippen LogP contribution in [-0.2, 0) is 0 Å². The van der Waals surface area contributed by atoms with Crippen molar-refractivity contribution in [3.8, 4) is 16.3 Å². The Balaban J connectivity index is 1.88.